The van der Waals surface area contributed by atoms with E-state index in [0.29, 0.717) is 52.9 Å². The van der Waals surface area contributed by atoms with Crippen LogP contribution in [0.1, 0.15) is 51.4 Å². The second kappa shape index (κ2) is 7.88. The summed E-state index contributed by atoms with van der Waals surface area (Å²) in [6.07, 6.45) is 8.50. The van der Waals surface area contributed by atoms with Crippen LogP contribution in [-0.4, -0.2) is 43.5 Å². The standard InChI is InChI=1S/C24H31ClN2O4/c1-30-20-10-21(31-2)18(9-17(20)25)26-22(28)19-4-3-5-27(19)23(29)24-11-14-6-15(12-24)8-16(7-14)13-24/h9-10,14-16,19H,3-8,11-13H2,1-2H3,(H,26,28). The van der Waals surface area contributed by atoms with Gasteiger partial charge in [-0.15, -0.1) is 0 Å². The number of hydrogen-bond donors (Lipinski definition) is 1. The lowest BCUT2D eigenvalue weighted by molar-refractivity contribution is -0.160. The van der Waals surface area contributed by atoms with E-state index >= 15 is 0 Å². The fourth-order valence-corrected chi connectivity index (χ4v) is 7.37. The maximum absolute atomic E-state index is 13.8. The molecule has 5 aliphatic rings. The predicted molar refractivity (Wildman–Crippen MR) is 119 cm³/mol. The molecule has 0 aromatic heterocycles. The van der Waals surface area contributed by atoms with Crippen molar-refractivity contribution < 1.29 is 19.1 Å². The molecular weight excluding hydrogens is 416 g/mol. The Morgan fingerprint density at radius 1 is 1.03 bits per heavy atom. The van der Waals surface area contributed by atoms with E-state index in [9.17, 15) is 9.59 Å². The first-order valence-electron chi connectivity index (χ1n) is 11.5. The van der Waals surface area contributed by atoms with Crippen LogP contribution in [0.4, 0.5) is 5.69 Å². The van der Waals surface area contributed by atoms with E-state index in [-0.39, 0.29) is 17.2 Å². The number of carbonyl (C=O) groups is 2. The lowest BCUT2D eigenvalue weighted by Crippen LogP contribution is -2.56. The highest BCUT2D eigenvalue weighted by Gasteiger charge is 2.56. The lowest BCUT2D eigenvalue weighted by atomic mass is 9.49. The van der Waals surface area contributed by atoms with Gasteiger partial charge in [0.2, 0.25) is 11.8 Å². The van der Waals surface area contributed by atoms with Crippen molar-refractivity contribution in [3.05, 3.63) is 17.2 Å². The Hall–Kier alpha value is -1.95. The van der Waals surface area contributed by atoms with Crippen LogP contribution in [0, 0.1) is 23.2 Å². The average Bonchev–Trinajstić information content (AvgIpc) is 3.22. The first-order valence-corrected chi connectivity index (χ1v) is 11.8. The topological polar surface area (TPSA) is 67.9 Å². The number of halogens is 1. The lowest BCUT2D eigenvalue weighted by Gasteiger charge is -2.56. The minimum atomic E-state index is -0.439. The summed E-state index contributed by atoms with van der Waals surface area (Å²) < 4.78 is 10.6. The summed E-state index contributed by atoms with van der Waals surface area (Å²) in [4.78, 5) is 28.9. The van der Waals surface area contributed by atoms with Gasteiger partial charge in [0, 0.05) is 12.6 Å². The summed E-state index contributed by atoms with van der Waals surface area (Å²) in [6, 6.07) is 2.86. The summed E-state index contributed by atoms with van der Waals surface area (Å²) >= 11 is 6.26. The van der Waals surface area contributed by atoms with E-state index in [4.69, 9.17) is 21.1 Å². The second-order valence-electron chi connectivity index (χ2n) is 10.0. The molecule has 1 aromatic rings. The molecule has 4 aliphatic carbocycles. The van der Waals surface area contributed by atoms with Gasteiger partial charge in [0.15, 0.2) is 0 Å². The molecule has 0 radical (unpaired) electrons. The zero-order chi connectivity index (χ0) is 21.8. The number of methoxy groups -OCH3 is 2. The molecule has 31 heavy (non-hydrogen) atoms. The van der Waals surface area contributed by atoms with Gasteiger partial charge in [-0.1, -0.05) is 11.6 Å². The van der Waals surface area contributed by atoms with Crippen molar-refractivity contribution in [2.75, 3.05) is 26.1 Å². The van der Waals surface area contributed by atoms with Gasteiger partial charge in [-0.25, -0.2) is 0 Å². The van der Waals surface area contributed by atoms with Crippen LogP contribution in [0.2, 0.25) is 5.02 Å². The van der Waals surface area contributed by atoms with Crippen LogP contribution in [0.25, 0.3) is 0 Å². The van der Waals surface area contributed by atoms with E-state index in [2.05, 4.69) is 5.32 Å². The van der Waals surface area contributed by atoms with E-state index in [1.807, 2.05) is 4.90 Å². The van der Waals surface area contributed by atoms with Crippen LogP contribution in [-0.2, 0) is 9.59 Å². The van der Waals surface area contributed by atoms with E-state index in [1.165, 1.54) is 33.5 Å². The van der Waals surface area contributed by atoms with Gasteiger partial charge in [0.05, 0.1) is 30.3 Å². The zero-order valence-corrected chi connectivity index (χ0v) is 19.0. The number of nitrogens with zero attached hydrogens (tertiary/aromatic N) is 1. The van der Waals surface area contributed by atoms with Crippen molar-refractivity contribution in [3.8, 4) is 11.5 Å². The summed E-state index contributed by atoms with van der Waals surface area (Å²) in [6.45, 7) is 0.666. The summed E-state index contributed by atoms with van der Waals surface area (Å²) in [5, 5.41) is 3.35. The first-order chi connectivity index (χ1) is 14.9. The molecule has 1 N–H and O–H groups in total. The monoisotopic (exact) mass is 446 g/mol. The minimum Gasteiger partial charge on any atom is -0.495 e. The zero-order valence-electron chi connectivity index (χ0n) is 18.3. The number of ether oxygens (including phenoxy) is 2. The SMILES string of the molecule is COc1cc(OC)c(NC(=O)C2CCCN2C(=O)C23CC4CC(CC(C4)C2)C3)cc1Cl. The molecule has 2 amide bonds. The number of nitrogens with one attached hydrogen (secondary N) is 1. The molecule has 1 aliphatic heterocycles. The Labute approximate surface area is 188 Å². The Bertz CT molecular complexity index is 867. The number of anilines is 1. The molecule has 1 saturated heterocycles. The predicted octanol–water partition coefficient (Wildman–Crippen LogP) is 4.50. The molecule has 1 heterocycles. The summed E-state index contributed by atoms with van der Waals surface area (Å²) in [5.74, 6) is 3.13. The maximum atomic E-state index is 13.8. The Kier molecular flexibility index (Phi) is 5.32. The molecule has 1 aromatic carbocycles. The van der Waals surface area contributed by atoms with Gasteiger partial charge < -0.3 is 19.7 Å². The first kappa shape index (κ1) is 20.9. The third kappa shape index (κ3) is 3.57. The highest BCUT2D eigenvalue weighted by Crippen LogP contribution is 2.60. The summed E-state index contributed by atoms with van der Waals surface area (Å²) in [5.41, 5.74) is 0.269. The normalized spacial score (nSPS) is 33.5. The average molecular weight is 447 g/mol. The molecule has 4 bridgehead atoms. The number of likely N-dealkylation sites (tertiary alicyclic amines) is 1. The number of rotatable bonds is 5. The van der Waals surface area contributed by atoms with Gasteiger partial charge in [-0.3, -0.25) is 9.59 Å². The third-order valence-corrected chi connectivity index (χ3v) is 8.34. The molecule has 1 unspecified atom stereocenters. The number of benzene rings is 1. The number of amides is 2. The largest absolute Gasteiger partial charge is 0.495 e. The van der Waals surface area contributed by atoms with Gasteiger partial charge in [-0.05, 0) is 75.2 Å². The molecule has 6 rings (SSSR count). The van der Waals surface area contributed by atoms with Crippen molar-refractivity contribution in [1.29, 1.82) is 0 Å². The third-order valence-electron chi connectivity index (χ3n) is 8.04. The summed E-state index contributed by atoms with van der Waals surface area (Å²) in [7, 11) is 3.07. The number of carbonyl (C=O) groups excluding carboxylic acids is 2. The van der Waals surface area contributed by atoms with E-state index in [0.717, 1.165) is 25.7 Å². The number of hydrogen-bond acceptors (Lipinski definition) is 4. The molecule has 5 fully saturated rings. The van der Waals surface area contributed by atoms with E-state index < -0.39 is 6.04 Å². The maximum Gasteiger partial charge on any atom is 0.247 e. The van der Waals surface area contributed by atoms with Gasteiger partial charge in [-0.2, -0.15) is 0 Å². The molecule has 4 saturated carbocycles. The highest BCUT2D eigenvalue weighted by atomic mass is 35.5. The van der Waals surface area contributed by atoms with Gasteiger partial charge >= 0.3 is 0 Å². The fraction of sp³-hybridized carbons (Fsp3) is 0.667. The second-order valence-corrected chi connectivity index (χ2v) is 10.4. The minimum absolute atomic E-state index is 0.171. The smallest absolute Gasteiger partial charge is 0.247 e. The van der Waals surface area contributed by atoms with Crippen molar-refractivity contribution >= 4 is 29.1 Å². The fourth-order valence-electron chi connectivity index (χ4n) is 7.13. The Morgan fingerprint density at radius 2 is 1.65 bits per heavy atom. The Balaban J connectivity index is 1.34. The molecular formula is C24H31ClN2O4. The highest BCUT2D eigenvalue weighted by molar-refractivity contribution is 6.32. The van der Waals surface area contributed by atoms with Crippen molar-refractivity contribution in [2.45, 2.75) is 57.4 Å². The van der Waals surface area contributed by atoms with Crippen LogP contribution in [0.15, 0.2) is 12.1 Å². The van der Waals surface area contributed by atoms with Gasteiger partial charge in [0.25, 0.3) is 0 Å². The Morgan fingerprint density at radius 3 is 2.23 bits per heavy atom. The molecule has 6 nitrogen and oxygen atoms in total. The molecule has 1 atom stereocenters. The van der Waals surface area contributed by atoms with Crippen molar-refractivity contribution in [2.24, 2.45) is 23.2 Å². The van der Waals surface area contributed by atoms with Crippen LogP contribution in [0.3, 0.4) is 0 Å². The van der Waals surface area contributed by atoms with Crippen molar-refractivity contribution in [1.82, 2.24) is 4.90 Å². The van der Waals surface area contributed by atoms with Crippen molar-refractivity contribution in [3.63, 3.8) is 0 Å². The van der Waals surface area contributed by atoms with Crippen LogP contribution >= 0.6 is 11.6 Å². The quantitative estimate of drug-likeness (QED) is 0.722. The van der Waals surface area contributed by atoms with Crippen LogP contribution in [0.5, 0.6) is 11.5 Å². The van der Waals surface area contributed by atoms with Gasteiger partial charge in [0.1, 0.15) is 17.5 Å². The molecule has 168 valence electrons. The molecule has 0 spiro atoms. The van der Waals surface area contributed by atoms with Crippen LogP contribution < -0.4 is 14.8 Å². The van der Waals surface area contributed by atoms with E-state index in [1.54, 1.807) is 12.1 Å². The molecule has 7 heteroatoms.